The van der Waals surface area contributed by atoms with Crippen LogP contribution in [0.1, 0.15) is 23.0 Å². The predicted octanol–water partition coefficient (Wildman–Crippen LogP) is 1.55. The molecule has 13 heavy (non-hydrogen) atoms. The number of rotatable bonds is 3. The van der Waals surface area contributed by atoms with Crippen LogP contribution in [0.2, 0.25) is 0 Å². The molecule has 0 amide bonds. The average molecular weight is 245 g/mol. The Morgan fingerprint density at radius 2 is 2.46 bits per heavy atom. The van der Waals surface area contributed by atoms with Crippen molar-refractivity contribution in [2.45, 2.75) is 12.3 Å². The second-order valence-electron chi connectivity index (χ2n) is 2.24. The Morgan fingerprint density at radius 1 is 1.69 bits per heavy atom. The van der Waals surface area contributed by atoms with Gasteiger partial charge in [0.1, 0.15) is 11.9 Å². The van der Waals surface area contributed by atoms with E-state index in [0.29, 0.717) is 23.2 Å². The molecule has 1 rings (SSSR count). The molecule has 0 aliphatic heterocycles. The van der Waals surface area contributed by atoms with Crippen LogP contribution in [-0.2, 0) is 10.1 Å². The second kappa shape index (κ2) is 4.91. The molecule has 0 aromatic carbocycles. The zero-order valence-corrected chi connectivity index (χ0v) is 8.74. The number of carbonyl (C=O) groups excluding carboxylic acids is 1. The first-order valence-corrected chi connectivity index (χ1v) is 4.93. The lowest BCUT2D eigenvalue weighted by Crippen LogP contribution is -2.09. The van der Waals surface area contributed by atoms with E-state index in [1.54, 1.807) is 6.92 Å². The largest absolute Gasteiger partial charge is 0.462 e. The zero-order chi connectivity index (χ0) is 9.68. The van der Waals surface area contributed by atoms with Crippen LogP contribution in [0.3, 0.4) is 0 Å². The monoisotopic (exact) mass is 244 g/mol. The van der Waals surface area contributed by atoms with Crippen LogP contribution in [-0.4, -0.2) is 22.5 Å². The third-order valence-electron chi connectivity index (χ3n) is 1.42. The molecule has 0 saturated heterocycles. The van der Waals surface area contributed by atoms with E-state index in [9.17, 15) is 4.79 Å². The molecule has 70 valence electrons. The van der Waals surface area contributed by atoms with Gasteiger partial charge < -0.3 is 4.74 Å². The maximum Gasteiger partial charge on any atom is 0.341 e. The topological polar surface area (TPSA) is 52.1 Å². The summed E-state index contributed by atoms with van der Waals surface area (Å²) in [6.07, 6.45) is 2.86. The Hall–Kier alpha value is -0.970. The third-order valence-corrected chi connectivity index (χ3v) is 1.95. The van der Waals surface area contributed by atoms with Gasteiger partial charge in [0.2, 0.25) is 0 Å². The lowest BCUT2D eigenvalue weighted by molar-refractivity contribution is 0.0524. The summed E-state index contributed by atoms with van der Waals surface area (Å²) in [5.74, 6) is -0.377. The van der Waals surface area contributed by atoms with Crippen LogP contribution in [0.25, 0.3) is 0 Å². The number of ether oxygens (including phenoxy) is 1. The van der Waals surface area contributed by atoms with Crippen LogP contribution in [0, 0.1) is 0 Å². The first-order valence-electron chi connectivity index (χ1n) is 3.81. The standard InChI is InChI=1S/C8H9BrN2O2/c1-2-13-8(12)6-4-10-5-11-7(6)3-9/h4-5H,2-3H2,1H3. The summed E-state index contributed by atoms with van der Waals surface area (Å²) in [5.41, 5.74) is 1.06. The highest BCUT2D eigenvalue weighted by Gasteiger charge is 2.12. The molecule has 0 N–H and O–H groups in total. The Labute approximate surface area is 84.5 Å². The van der Waals surface area contributed by atoms with Gasteiger partial charge in [-0.3, -0.25) is 0 Å². The number of hydrogen-bond acceptors (Lipinski definition) is 4. The first-order chi connectivity index (χ1) is 6.29. The Balaban J connectivity index is 2.92. The minimum atomic E-state index is -0.377. The van der Waals surface area contributed by atoms with Gasteiger partial charge in [0.05, 0.1) is 12.3 Å². The molecule has 1 aromatic heterocycles. The summed E-state index contributed by atoms with van der Waals surface area (Å²) in [5, 5.41) is 0.518. The van der Waals surface area contributed by atoms with Crippen molar-refractivity contribution in [2.75, 3.05) is 6.61 Å². The van der Waals surface area contributed by atoms with Crippen molar-refractivity contribution in [3.05, 3.63) is 23.8 Å². The highest BCUT2D eigenvalue weighted by atomic mass is 79.9. The van der Waals surface area contributed by atoms with Gasteiger partial charge in [0, 0.05) is 11.5 Å². The van der Waals surface area contributed by atoms with E-state index in [1.165, 1.54) is 12.5 Å². The van der Waals surface area contributed by atoms with Gasteiger partial charge in [0.15, 0.2) is 0 Å². The number of esters is 1. The zero-order valence-electron chi connectivity index (χ0n) is 7.16. The normalized spacial score (nSPS) is 9.69. The van der Waals surface area contributed by atoms with Gasteiger partial charge in [0.25, 0.3) is 0 Å². The molecule has 0 fully saturated rings. The highest BCUT2D eigenvalue weighted by Crippen LogP contribution is 2.09. The number of hydrogen-bond donors (Lipinski definition) is 0. The molecule has 1 heterocycles. The maximum absolute atomic E-state index is 11.3. The predicted molar refractivity (Wildman–Crippen MR) is 50.6 cm³/mol. The molecule has 0 atom stereocenters. The molecule has 0 unspecified atom stereocenters. The summed E-state index contributed by atoms with van der Waals surface area (Å²) in [7, 11) is 0. The fraction of sp³-hybridized carbons (Fsp3) is 0.375. The first kappa shape index (κ1) is 10.1. The van der Waals surface area contributed by atoms with E-state index in [0.717, 1.165) is 0 Å². The lowest BCUT2D eigenvalue weighted by atomic mass is 10.2. The van der Waals surface area contributed by atoms with Crippen molar-refractivity contribution in [2.24, 2.45) is 0 Å². The SMILES string of the molecule is CCOC(=O)c1cncnc1CBr. The van der Waals surface area contributed by atoms with Gasteiger partial charge >= 0.3 is 5.97 Å². The highest BCUT2D eigenvalue weighted by molar-refractivity contribution is 9.08. The van der Waals surface area contributed by atoms with E-state index in [2.05, 4.69) is 25.9 Å². The van der Waals surface area contributed by atoms with Gasteiger partial charge in [-0.25, -0.2) is 14.8 Å². The average Bonchev–Trinajstić information content (AvgIpc) is 2.18. The summed E-state index contributed by atoms with van der Waals surface area (Å²) in [6.45, 7) is 2.12. The van der Waals surface area contributed by atoms with Crippen molar-refractivity contribution in [3.63, 3.8) is 0 Å². The summed E-state index contributed by atoms with van der Waals surface area (Å²) in [6, 6.07) is 0. The van der Waals surface area contributed by atoms with E-state index in [-0.39, 0.29) is 5.97 Å². The minimum absolute atomic E-state index is 0.357. The molecule has 0 saturated carbocycles. The Bertz CT molecular complexity index is 304. The van der Waals surface area contributed by atoms with Gasteiger partial charge in [-0.2, -0.15) is 0 Å². The summed E-state index contributed by atoms with van der Waals surface area (Å²) < 4.78 is 4.83. The molecule has 1 aromatic rings. The van der Waals surface area contributed by atoms with Gasteiger partial charge in [-0.1, -0.05) is 15.9 Å². The molecular formula is C8H9BrN2O2. The van der Waals surface area contributed by atoms with Crippen molar-refractivity contribution in [1.29, 1.82) is 0 Å². The molecular weight excluding hydrogens is 236 g/mol. The quantitative estimate of drug-likeness (QED) is 0.598. The number of carbonyl (C=O) groups is 1. The molecule has 0 aliphatic carbocycles. The summed E-state index contributed by atoms with van der Waals surface area (Å²) >= 11 is 3.23. The third kappa shape index (κ3) is 2.48. The molecule has 0 aliphatic rings. The Morgan fingerprint density at radius 3 is 3.08 bits per heavy atom. The maximum atomic E-state index is 11.3. The van der Waals surface area contributed by atoms with Crippen molar-refractivity contribution in [3.8, 4) is 0 Å². The second-order valence-corrected chi connectivity index (χ2v) is 2.80. The van der Waals surface area contributed by atoms with Crippen LogP contribution in [0.15, 0.2) is 12.5 Å². The van der Waals surface area contributed by atoms with E-state index in [1.807, 2.05) is 0 Å². The van der Waals surface area contributed by atoms with Crippen LogP contribution < -0.4 is 0 Å². The van der Waals surface area contributed by atoms with Crippen molar-refractivity contribution < 1.29 is 9.53 Å². The number of aromatic nitrogens is 2. The van der Waals surface area contributed by atoms with Crippen LogP contribution in [0.4, 0.5) is 0 Å². The van der Waals surface area contributed by atoms with Crippen molar-refractivity contribution in [1.82, 2.24) is 9.97 Å². The number of halogens is 1. The van der Waals surface area contributed by atoms with Crippen molar-refractivity contribution >= 4 is 21.9 Å². The Kier molecular flexibility index (Phi) is 3.82. The smallest absolute Gasteiger partial charge is 0.341 e. The minimum Gasteiger partial charge on any atom is -0.462 e. The molecule has 0 bridgehead atoms. The van der Waals surface area contributed by atoms with Crippen LogP contribution >= 0.6 is 15.9 Å². The fourth-order valence-electron chi connectivity index (χ4n) is 0.841. The summed E-state index contributed by atoms with van der Waals surface area (Å²) in [4.78, 5) is 19.0. The van der Waals surface area contributed by atoms with E-state index < -0.39 is 0 Å². The molecule has 0 spiro atoms. The van der Waals surface area contributed by atoms with E-state index >= 15 is 0 Å². The van der Waals surface area contributed by atoms with Crippen LogP contribution in [0.5, 0.6) is 0 Å². The van der Waals surface area contributed by atoms with Gasteiger partial charge in [-0.05, 0) is 6.92 Å². The molecule has 0 radical (unpaired) electrons. The number of alkyl halides is 1. The van der Waals surface area contributed by atoms with Gasteiger partial charge in [-0.15, -0.1) is 0 Å². The fourth-order valence-corrected chi connectivity index (χ4v) is 1.29. The molecule has 5 heteroatoms. The molecule has 4 nitrogen and oxygen atoms in total. The number of nitrogens with zero attached hydrogens (tertiary/aromatic N) is 2. The lowest BCUT2D eigenvalue weighted by Gasteiger charge is -2.03. The van der Waals surface area contributed by atoms with E-state index in [4.69, 9.17) is 4.74 Å².